The van der Waals surface area contributed by atoms with Crippen LogP contribution in [0.15, 0.2) is 59.7 Å². The summed E-state index contributed by atoms with van der Waals surface area (Å²) in [4.78, 5) is 32.6. The minimum Gasteiger partial charge on any atom is -0.456 e. The highest BCUT2D eigenvalue weighted by atomic mass is 19.3. The number of likely N-dealkylation sites (tertiary alicyclic amines) is 1. The monoisotopic (exact) mass is 497 g/mol. The van der Waals surface area contributed by atoms with Gasteiger partial charge in [0.1, 0.15) is 34.8 Å². The average Bonchev–Trinajstić information content (AvgIpc) is 2.86. The standard InChI is InChI=1S/C25H22F3N5O3/c1-15(23(34)32-22-7-6-20(13-30-22)36-19-4-2-18(26)3-5-19)33-9-8-25(27,28)21(14-33)17-10-16(11-29)24(35)31-12-17/h2-7,10,12-13,15,21H,8-9,14H2,1H3,(H,31,35)(H,30,32,34)/t15-,21+/m0/s1. The molecule has 1 amide bonds. The van der Waals surface area contributed by atoms with E-state index >= 15 is 0 Å². The van der Waals surface area contributed by atoms with Crippen LogP contribution < -0.4 is 15.6 Å². The number of aromatic amines is 1. The molecule has 1 saturated heterocycles. The van der Waals surface area contributed by atoms with Crippen LogP contribution in [0.4, 0.5) is 19.0 Å². The molecule has 2 aromatic heterocycles. The van der Waals surface area contributed by atoms with Crippen molar-refractivity contribution in [1.29, 1.82) is 5.26 Å². The fourth-order valence-corrected chi connectivity index (χ4v) is 3.96. The number of pyridine rings is 2. The van der Waals surface area contributed by atoms with Gasteiger partial charge in [0.05, 0.1) is 18.2 Å². The van der Waals surface area contributed by atoms with Gasteiger partial charge in [0.25, 0.3) is 11.5 Å². The number of aromatic nitrogens is 2. The molecule has 8 nitrogen and oxygen atoms in total. The molecule has 1 aliphatic heterocycles. The Kier molecular flexibility index (Phi) is 7.07. The Bertz CT molecular complexity index is 1340. The second kappa shape index (κ2) is 10.2. The minimum atomic E-state index is -3.07. The molecule has 4 rings (SSSR count). The number of H-pyrrole nitrogens is 1. The van der Waals surface area contributed by atoms with Gasteiger partial charge in [0.2, 0.25) is 5.91 Å². The predicted octanol–water partition coefficient (Wildman–Crippen LogP) is 4.02. The second-order valence-corrected chi connectivity index (χ2v) is 8.45. The van der Waals surface area contributed by atoms with E-state index in [9.17, 15) is 22.8 Å². The van der Waals surface area contributed by atoms with Gasteiger partial charge >= 0.3 is 0 Å². The molecule has 0 aliphatic carbocycles. The summed E-state index contributed by atoms with van der Waals surface area (Å²) in [6.07, 6.45) is 2.10. The van der Waals surface area contributed by atoms with E-state index in [0.717, 1.165) is 0 Å². The number of nitrogens with zero attached hydrogens (tertiary/aromatic N) is 3. The Morgan fingerprint density at radius 3 is 2.67 bits per heavy atom. The predicted molar refractivity (Wildman–Crippen MR) is 124 cm³/mol. The summed E-state index contributed by atoms with van der Waals surface area (Å²) in [6.45, 7) is 1.45. The first kappa shape index (κ1) is 24.9. The molecule has 1 fully saturated rings. The SMILES string of the molecule is C[C@@H](C(=O)Nc1ccc(Oc2ccc(F)cc2)cn1)N1CCC(F)(F)[C@@H](c2c[nH]c(=O)c(C#N)c2)C1. The van der Waals surface area contributed by atoms with Crippen molar-refractivity contribution in [2.24, 2.45) is 0 Å². The number of alkyl halides is 2. The molecule has 0 radical (unpaired) electrons. The molecular weight excluding hydrogens is 475 g/mol. The number of rotatable bonds is 6. The van der Waals surface area contributed by atoms with Crippen LogP contribution in [0, 0.1) is 17.1 Å². The number of amides is 1. The van der Waals surface area contributed by atoms with Crippen molar-refractivity contribution < 1.29 is 22.7 Å². The summed E-state index contributed by atoms with van der Waals surface area (Å²) in [7, 11) is 0. The number of carbonyl (C=O) groups is 1. The highest BCUT2D eigenvalue weighted by Crippen LogP contribution is 2.40. The van der Waals surface area contributed by atoms with Gasteiger partial charge < -0.3 is 15.0 Å². The maximum atomic E-state index is 14.7. The summed E-state index contributed by atoms with van der Waals surface area (Å²) in [6, 6.07) is 10.7. The quantitative estimate of drug-likeness (QED) is 0.532. The fourth-order valence-electron chi connectivity index (χ4n) is 3.96. The van der Waals surface area contributed by atoms with Crippen LogP contribution in [-0.4, -0.2) is 45.8 Å². The van der Waals surface area contributed by atoms with Crippen molar-refractivity contribution in [2.75, 3.05) is 18.4 Å². The Balaban J connectivity index is 1.41. The lowest BCUT2D eigenvalue weighted by Gasteiger charge is -2.40. The van der Waals surface area contributed by atoms with Crippen molar-refractivity contribution in [3.8, 4) is 17.6 Å². The van der Waals surface area contributed by atoms with Gasteiger partial charge in [-0.05, 0) is 55.0 Å². The maximum Gasteiger partial charge on any atom is 0.265 e. The lowest BCUT2D eigenvalue weighted by atomic mass is 9.86. The number of anilines is 1. The maximum absolute atomic E-state index is 14.7. The van der Waals surface area contributed by atoms with E-state index in [4.69, 9.17) is 10.00 Å². The molecule has 0 spiro atoms. The Hall–Kier alpha value is -4.17. The van der Waals surface area contributed by atoms with E-state index in [2.05, 4.69) is 15.3 Å². The van der Waals surface area contributed by atoms with Gasteiger partial charge in [0, 0.05) is 25.7 Å². The largest absolute Gasteiger partial charge is 0.456 e. The van der Waals surface area contributed by atoms with Gasteiger partial charge in [0.15, 0.2) is 0 Å². The molecule has 0 bridgehead atoms. The van der Waals surface area contributed by atoms with E-state index in [-0.39, 0.29) is 35.9 Å². The zero-order valence-electron chi connectivity index (χ0n) is 19.2. The van der Waals surface area contributed by atoms with Gasteiger partial charge in [-0.3, -0.25) is 14.5 Å². The summed E-state index contributed by atoms with van der Waals surface area (Å²) in [5.41, 5.74) is -0.762. The Morgan fingerprint density at radius 2 is 2.00 bits per heavy atom. The first-order valence-electron chi connectivity index (χ1n) is 11.1. The lowest BCUT2D eigenvalue weighted by molar-refractivity contribution is -0.125. The summed E-state index contributed by atoms with van der Waals surface area (Å²) in [5.74, 6) is -4.14. The van der Waals surface area contributed by atoms with Crippen LogP contribution in [0.3, 0.4) is 0 Å². The molecule has 0 saturated carbocycles. The molecule has 1 aromatic carbocycles. The van der Waals surface area contributed by atoms with Crippen LogP contribution in [0.1, 0.15) is 30.4 Å². The molecule has 2 N–H and O–H groups in total. The van der Waals surface area contributed by atoms with Crippen molar-refractivity contribution in [1.82, 2.24) is 14.9 Å². The number of piperidine rings is 1. The van der Waals surface area contributed by atoms with Crippen molar-refractivity contribution in [3.05, 3.63) is 82.2 Å². The van der Waals surface area contributed by atoms with Gasteiger partial charge in [-0.1, -0.05) is 0 Å². The number of hydrogen-bond donors (Lipinski definition) is 2. The van der Waals surface area contributed by atoms with Crippen molar-refractivity contribution >= 4 is 11.7 Å². The summed E-state index contributed by atoms with van der Waals surface area (Å²) in [5, 5.41) is 11.7. The molecule has 1 aliphatic rings. The topological polar surface area (TPSA) is 111 Å². The fraction of sp³-hybridized carbons (Fsp3) is 0.280. The number of benzene rings is 1. The van der Waals surface area contributed by atoms with Gasteiger partial charge in [-0.25, -0.2) is 18.2 Å². The van der Waals surface area contributed by atoms with Gasteiger partial charge in [-0.15, -0.1) is 0 Å². The van der Waals surface area contributed by atoms with Crippen molar-refractivity contribution in [2.45, 2.75) is 31.2 Å². The first-order valence-corrected chi connectivity index (χ1v) is 11.1. The highest BCUT2D eigenvalue weighted by molar-refractivity contribution is 5.93. The van der Waals surface area contributed by atoms with E-state index in [1.807, 2.05) is 0 Å². The van der Waals surface area contributed by atoms with Gasteiger partial charge in [-0.2, -0.15) is 5.26 Å². The molecule has 2 atom stereocenters. The number of nitrogens with one attached hydrogen (secondary N) is 2. The first-order chi connectivity index (χ1) is 17.2. The molecular formula is C25H22F3N5O3. The molecule has 11 heteroatoms. The highest BCUT2D eigenvalue weighted by Gasteiger charge is 2.46. The van der Waals surface area contributed by atoms with Crippen LogP contribution in [0.2, 0.25) is 0 Å². The van der Waals surface area contributed by atoms with E-state index in [1.54, 1.807) is 24.0 Å². The molecule has 186 valence electrons. The Morgan fingerprint density at radius 1 is 1.28 bits per heavy atom. The smallest absolute Gasteiger partial charge is 0.265 e. The van der Waals surface area contributed by atoms with Crippen LogP contribution in [0.5, 0.6) is 11.5 Å². The average molecular weight is 497 g/mol. The zero-order chi connectivity index (χ0) is 25.9. The van der Waals surface area contributed by atoms with Crippen LogP contribution in [-0.2, 0) is 4.79 Å². The van der Waals surface area contributed by atoms with E-state index in [0.29, 0.717) is 11.5 Å². The third-order valence-electron chi connectivity index (χ3n) is 6.07. The molecule has 3 heterocycles. The zero-order valence-corrected chi connectivity index (χ0v) is 19.2. The third kappa shape index (κ3) is 5.55. The molecule has 36 heavy (non-hydrogen) atoms. The van der Waals surface area contributed by atoms with Crippen LogP contribution >= 0.6 is 0 Å². The van der Waals surface area contributed by atoms with E-state index < -0.39 is 35.8 Å². The third-order valence-corrected chi connectivity index (χ3v) is 6.07. The minimum absolute atomic E-state index is 0.00950. The number of hydrogen-bond acceptors (Lipinski definition) is 6. The second-order valence-electron chi connectivity index (χ2n) is 8.45. The molecule has 0 unspecified atom stereocenters. The Labute approximate surface area is 204 Å². The normalized spacial score (nSPS) is 18.1. The number of ether oxygens (including phenoxy) is 1. The summed E-state index contributed by atoms with van der Waals surface area (Å²) >= 11 is 0. The number of halogens is 3. The van der Waals surface area contributed by atoms with Crippen molar-refractivity contribution in [3.63, 3.8) is 0 Å². The number of nitriles is 1. The van der Waals surface area contributed by atoms with Crippen LogP contribution in [0.25, 0.3) is 0 Å². The lowest BCUT2D eigenvalue weighted by Crippen LogP contribution is -2.52. The summed E-state index contributed by atoms with van der Waals surface area (Å²) < 4.78 is 48.1. The van der Waals surface area contributed by atoms with E-state index in [1.165, 1.54) is 48.8 Å². The number of carbonyl (C=O) groups excluding carboxylic acids is 1. The molecule has 3 aromatic rings.